The molecule has 0 N–H and O–H groups in total. The van der Waals surface area contributed by atoms with Crippen LogP contribution in [0.2, 0.25) is 5.02 Å². The molecule has 0 aliphatic carbocycles. The zero-order chi connectivity index (χ0) is 21.5. The Balaban J connectivity index is 1.72. The summed E-state index contributed by atoms with van der Waals surface area (Å²) in [5, 5.41) is 1.57. The lowest BCUT2D eigenvalue weighted by molar-refractivity contribution is 0.624. The van der Waals surface area contributed by atoms with Crippen molar-refractivity contribution in [2.75, 3.05) is 0 Å². The minimum atomic E-state index is -0.402. The summed E-state index contributed by atoms with van der Waals surface area (Å²) in [5.41, 5.74) is 4.72. The summed E-state index contributed by atoms with van der Waals surface area (Å²) < 4.78 is 15.6. The number of nitrogens with zero attached hydrogens (tertiary/aromatic N) is 3. The smallest absolute Gasteiger partial charge is 0.264 e. The van der Waals surface area contributed by atoms with Crippen LogP contribution in [0.5, 0.6) is 0 Å². The van der Waals surface area contributed by atoms with E-state index in [0.717, 1.165) is 27.0 Å². The summed E-state index contributed by atoms with van der Waals surface area (Å²) in [6.45, 7) is 2.06. The molecule has 4 nitrogen and oxygen atoms in total. The summed E-state index contributed by atoms with van der Waals surface area (Å²) >= 11 is 7.86. The second kappa shape index (κ2) is 7.87. The summed E-state index contributed by atoms with van der Waals surface area (Å²) in [6.07, 6.45) is 2.44. The van der Waals surface area contributed by atoms with Gasteiger partial charge in [-0.1, -0.05) is 36.7 Å². The van der Waals surface area contributed by atoms with Crippen molar-refractivity contribution in [3.05, 3.63) is 98.8 Å². The highest BCUT2D eigenvalue weighted by molar-refractivity contribution is 7.16. The van der Waals surface area contributed by atoms with Crippen LogP contribution in [0.25, 0.3) is 26.8 Å². The zero-order valence-corrected chi connectivity index (χ0v) is 18.1. The molecule has 5 rings (SSSR count). The van der Waals surface area contributed by atoms with Crippen molar-refractivity contribution in [3.63, 3.8) is 0 Å². The first-order chi connectivity index (χ1) is 15.0. The van der Waals surface area contributed by atoms with Crippen molar-refractivity contribution in [3.8, 4) is 5.69 Å². The lowest BCUT2D eigenvalue weighted by Crippen LogP contribution is -2.24. The van der Waals surface area contributed by atoms with E-state index in [1.165, 1.54) is 23.5 Å². The first-order valence-corrected chi connectivity index (χ1v) is 11.1. The Labute approximate surface area is 186 Å². The number of thiazole rings is 1. The topological polar surface area (TPSA) is 47.8 Å². The van der Waals surface area contributed by atoms with Crippen molar-refractivity contribution in [1.82, 2.24) is 14.5 Å². The number of pyridine rings is 2. The highest BCUT2D eigenvalue weighted by Gasteiger charge is 2.19. The van der Waals surface area contributed by atoms with E-state index in [4.69, 9.17) is 11.6 Å². The third-order valence-corrected chi connectivity index (χ3v) is 6.49. The van der Waals surface area contributed by atoms with Gasteiger partial charge >= 0.3 is 0 Å². The average Bonchev–Trinajstić information content (AvgIpc) is 3.23. The molecular formula is C24H17ClFN3OS. The third-order valence-electron chi connectivity index (χ3n) is 5.44. The molecule has 154 valence electrons. The van der Waals surface area contributed by atoms with Gasteiger partial charge in [0.15, 0.2) is 0 Å². The summed E-state index contributed by atoms with van der Waals surface area (Å²) in [7, 11) is 0. The van der Waals surface area contributed by atoms with Gasteiger partial charge in [-0.15, -0.1) is 11.3 Å². The number of hydrogen-bond acceptors (Lipinski definition) is 4. The van der Waals surface area contributed by atoms with Gasteiger partial charge in [0.25, 0.3) is 5.56 Å². The number of benzene rings is 2. The predicted molar refractivity (Wildman–Crippen MR) is 124 cm³/mol. The fourth-order valence-electron chi connectivity index (χ4n) is 4.01. The van der Waals surface area contributed by atoms with Crippen LogP contribution < -0.4 is 5.56 Å². The molecule has 1 atom stereocenters. The molecule has 0 amide bonds. The van der Waals surface area contributed by atoms with Gasteiger partial charge in [-0.05, 0) is 53.8 Å². The molecule has 0 spiro atoms. The summed E-state index contributed by atoms with van der Waals surface area (Å²) in [4.78, 5) is 23.3. The van der Waals surface area contributed by atoms with Gasteiger partial charge in [-0.25, -0.2) is 14.4 Å². The molecule has 0 bridgehead atoms. The Kier molecular flexibility index (Phi) is 5.04. The number of fused-ring (bicyclic) bond motifs is 2. The van der Waals surface area contributed by atoms with E-state index in [2.05, 4.69) is 16.9 Å². The monoisotopic (exact) mass is 449 g/mol. The Morgan fingerprint density at radius 3 is 2.81 bits per heavy atom. The van der Waals surface area contributed by atoms with E-state index in [-0.39, 0.29) is 11.5 Å². The Morgan fingerprint density at radius 1 is 1.13 bits per heavy atom. The molecule has 5 aromatic rings. The number of aromatic nitrogens is 3. The van der Waals surface area contributed by atoms with E-state index < -0.39 is 5.82 Å². The largest absolute Gasteiger partial charge is 0.280 e. The van der Waals surface area contributed by atoms with Crippen LogP contribution >= 0.6 is 22.9 Å². The minimum absolute atomic E-state index is 0.0494. The maximum atomic E-state index is 14.0. The second-order valence-corrected chi connectivity index (χ2v) is 8.72. The molecule has 31 heavy (non-hydrogen) atoms. The first kappa shape index (κ1) is 19.8. The van der Waals surface area contributed by atoms with Gasteiger partial charge in [0.1, 0.15) is 16.2 Å². The molecule has 3 heterocycles. The fraction of sp³-hybridized carbons (Fsp3) is 0.125. The van der Waals surface area contributed by atoms with E-state index in [0.29, 0.717) is 22.5 Å². The maximum absolute atomic E-state index is 14.0. The summed E-state index contributed by atoms with van der Waals surface area (Å²) in [5.74, 6) is -0.452. The average molecular weight is 450 g/mol. The van der Waals surface area contributed by atoms with E-state index in [9.17, 15) is 9.18 Å². The molecule has 0 saturated heterocycles. The van der Waals surface area contributed by atoms with Crippen LogP contribution in [0.1, 0.15) is 24.1 Å². The lowest BCUT2D eigenvalue weighted by Gasteiger charge is -2.20. The van der Waals surface area contributed by atoms with Crippen LogP contribution in [0, 0.1) is 5.82 Å². The molecule has 0 fully saturated rings. The highest BCUT2D eigenvalue weighted by Crippen LogP contribution is 2.30. The van der Waals surface area contributed by atoms with Gasteiger partial charge in [-0.2, -0.15) is 0 Å². The van der Waals surface area contributed by atoms with Crippen LogP contribution in [0.15, 0.2) is 71.1 Å². The summed E-state index contributed by atoms with van der Waals surface area (Å²) in [6, 6.07) is 15.4. The molecule has 3 aromatic heterocycles. The lowest BCUT2D eigenvalue weighted by atomic mass is 9.95. The Bertz CT molecular complexity index is 1490. The molecule has 0 aliphatic heterocycles. The quantitative estimate of drug-likeness (QED) is 0.331. The molecule has 7 heteroatoms. The molecule has 0 saturated carbocycles. The Hall–Kier alpha value is -3.09. The Morgan fingerprint density at radius 2 is 1.97 bits per heavy atom. The van der Waals surface area contributed by atoms with Gasteiger partial charge in [-0.3, -0.25) is 9.36 Å². The molecular weight excluding hydrogens is 433 g/mol. The van der Waals surface area contributed by atoms with Crippen LogP contribution in [0.3, 0.4) is 0 Å². The number of rotatable bonds is 4. The first-order valence-electron chi connectivity index (χ1n) is 9.80. The van der Waals surface area contributed by atoms with E-state index >= 15 is 0 Å². The van der Waals surface area contributed by atoms with Gasteiger partial charge in [0.05, 0.1) is 21.6 Å². The molecule has 0 aliphatic rings. The van der Waals surface area contributed by atoms with Gasteiger partial charge < -0.3 is 0 Å². The number of hydrogen-bond donors (Lipinski definition) is 0. The van der Waals surface area contributed by atoms with Crippen LogP contribution in [-0.4, -0.2) is 14.5 Å². The third kappa shape index (κ3) is 3.52. The predicted octanol–water partition coefficient (Wildman–Crippen LogP) is 6.13. The van der Waals surface area contributed by atoms with E-state index in [1.54, 1.807) is 34.5 Å². The van der Waals surface area contributed by atoms with Crippen molar-refractivity contribution in [1.29, 1.82) is 0 Å². The SMILES string of the molecule is C[C@H](Cc1ccnc2scnc12)c1cc2cccc(Cl)c2c(=O)n1-c1cccc(F)c1. The normalized spacial score (nSPS) is 12.5. The molecule has 0 radical (unpaired) electrons. The van der Waals surface area contributed by atoms with Crippen LogP contribution in [-0.2, 0) is 6.42 Å². The minimum Gasteiger partial charge on any atom is -0.280 e. The standard InChI is InChI=1S/C24H17ClFN3OS/c1-14(10-16-8-9-27-23-22(16)28-13-31-23)20-11-15-4-2-7-19(25)21(15)24(30)29(20)18-6-3-5-17(26)12-18/h2-9,11-14H,10H2,1H3/t14-/m1/s1. The van der Waals surface area contributed by atoms with Crippen molar-refractivity contribution >= 4 is 44.1 Å². The number of halogens is 2. The molecule has 0 unspecified atom stereocenters. The van der Waals surface area contributed by atoms with Crippen molar-refractivity contribution in [2.45, 2.75) is 19.3 Å². The van der Waals surface area contributed by atoms with Crippen molar-refractivity contribution < 1.29 is 4.39 Å². The van der Waals surface area contributed by atoms with Crippen LogP contribution in [0.4, 0.5) is 4.39 Å². The zero-order valence-electron chi connectivity index (χ0n) is 16.5. The second-order valence-electron chi connectivity index (χ2n) is 7.48. The van der Waals surface area contributed by atoms with Gasteiger partial charge in [0, 0.05) is 17.8 Å². The maximum Gasteiger partial charge on any atom is 0.264 e. The molecule has 2 aromatic carbocycles. The van der Waals surface area contributed by atoms with Crippen molar-refractivity contribution in [2.24, 2.45) is 0 Å². The van der Waals surface area contributed by atoms with Gasteiger partial charge in [0.2, 0.25) is 0 Å². The highest BCUT2D eigenvalue weighted by atomic mass is 35.5. The fourth-order valence-corrected chi connectivity index (χ4v) is 4.95. The van der Waals surface area contributed by atoms with E-state index in [1.807, 2.05) is 24.3 Å².